The molecule has 68 valence electrons. The molecule has 0 spiro atoms. The van der Waals surface area contributed by atoms with Crippen LogP contribution in [0.2, 0.25) is 0 Å². The van der Waals surface area contributed by atoms with Gasteiger partial charge in [-0.2, -0.15) is 0 Å². The van der Waals surface area contributed by atoms with Crippen LogP contribution >= 0.6 is 11.8 Å². The maximum Gasteiger partial charge on any atom is 0.116 e. The van der Waals surface area contributed by atoms with Gasteiger partial charge in [-0.05, 0) is 11.6 Å². The van der Waals surface area contributed by atoms with Crippen LogP contribution in [-0.4, -0.2) is 9.97 Å². The SMILES string of the molecule is c1ccc2c(c1)Cc1cncnc1S2. The van der Waals surface area contributed by atoms with Gasteiger partial charge in [-0.15, -0.1) is 0 Å². The molecule has 0 fully saturated rings. The molecule has 0 aliphatic carbocycles. The van der Waals surface area contributed by atoms with Crippen LogP contribution in [0.1, 0.15) is 11.1 Å². The van der Waals surface area contributed by atoms with Crippen LogP contribution in [0.25, 0.3) is 0 Å². The van der Waals surface area contributed by atoms with Gasteiger partial charge in [-0.1, -0.05) is 30.0 Å². The number of hydrogen-bond donors (Lipinski definition) is 0. The molecule has 3 heteroatoms. The topological polar surface area (TPSA) is 25.8 Å². The van der Waals surface area contributed by atoms with E-state index >= 15 is 0 Å². The lowest BCUT2D eigenvalue weighted by Crippen LogP contribution is -2.01. The zero-order valence-electron chi connectivity index (χ0n) is 7.47. The number of hydrogen-bond acceptors (Lipinski definition) is 3. The van der Waals surface area contributed by atoms with Crippen molar-refractivity contribution in [2.24, 2.45) is 0 Å². The van der Waals surface area contributed by atoms with E-state index in [1.54, 1.807) is 18.1 Å². The summed E-state index contributed by atoms with van der Waals surface area (Å²) in [5.74, 6) is 0. The minimum atomic E-state index is 0.958. The second-order valence-corrected chi connectivity index (χ2v) is 4.27. The number of fused-ring (bicyclic) bond motifs is 2. The van der Waals surface area contributed by atoms with Crippen molar-refractivity contribution in [3.63, 3.8) is 0 Å². The summed E-state index contributed by atoms with van der Waals surface area (Å²) in [5, 5.41) is 1.10. The molecule has 0 radical (unpaired) electrons. The van der Waals surface area contributed by atoms with Gasteiger partial charge in [0.25, 0.3) is 0 Å². The molecule has 1 aromatic carbocycles. The van der Waals surface area contributed by atoms with Gasteiger partial charge < -0.3 is 0 Å². The molecule has 0 saturated carbocycles. The maximum atomic E-state index is 4.27. The summed E-state index contributed by atoms with van der Waals surface area (Å²) >= 11 is 1.73. The van der Waals surface area contributed by atoms with Crippen LogP contribution in [0.5, 0.6) is 0 Å². The Hall–Kier alpha value is -1.35. The van der Waals surface area contributed by atoms with Gasteiger partial charge in [0.05, 0.1) is 0 Å². The Balaban J connectivity index is 2.12. The monoisotopic (exact) mass is 200 g/mol. The summed E-state index contributed by atoms with van der Waals surface area (Å²) in [6, 6.07) is 8.45. The van der Waals surface area contributed by atoms with Gasteiger partial charge in [0.2, 0.25) is 0 Å². The van der Waals surface area contributed by atoms with Crippen molar-refractivity contribution in [2.45, 2.75) is 16.3 Å². The molecule has 1 aliphatic heterocycles. The number of nitrogens with zero attached hydrogens (tertiary/aromatic N) is 2. The van der Waals surface area contributed by atoms with Crippen molar-refractivity contribution in [1.29, 1.82) is 0 Å². The van der Waals surface area contributed by atoms with E-state index < -0.39 is 0 Å². The van der Waals surface area contributed by atoms with Crippen molar-refractivity contribution in [2.75, 3.05) is 0 Å². The molecule has 2 nitrogen and oxygen atoms in total. The molecule has 1 aliphatic rings. The smallest absolute Gasteiger partial charge is 0.116 e. The van der Waals surface area contributed by atoms with Crippen molar-refractivity contribution < 1.29 is 0 Å². The molecule has 0 unspecified atom stereocenters. The molecule has 2 aromatic rings. The first-order valence-electron chi connectivity index (χ1n) is 4.48. The third-order valence-electron chi connectivity index (χ3n) is 2.31. The van der Waals surface area contributed by atoms with Crippen LogP contribution in [-0.2, 0) is 6.42 Å². The molecule has 0 atom stereocenters. The highest BCUT2D eigenvalue weighted by atomic mass is 32.2. The first-order valence-corrected chi connectivity index (χ1v) is 5.30. The molecule has 0 N–H and O–H groups in total. The van der Waals surface area contributed by atoms with E-state index in [9.17, 15) is 0 Å². The molecular formula is C11H8N2S. The summed E-state index contributed by atoms with van der Waals surface area (Å²) in [7, 11) is 0. The van der Waals surface area contributed by atoms with Gasteiger partial charge in [-0.25, -0.2) is 9.97 Å². The van der Waals surface area contributed by atoms with Gasteiger partial charge in [0, 0.05) is 23.1 Å². The van der Waals surface area contributed by atoms with E-state index in [-0.39, 0.29) is 0 Å². The molecule has 14 heavy (non-hydrogen) atoms. The highest BCUT2D eigenvalue weighted by Crippen LogP contribution is 2.37. The zero-order chi connectivity index (χ0) is 9.38. The normalized spacial score (nSPS) is 13.1. The minimum Gasteiger partial charge on any atom is -0.244 e. The first kappa shape index (κ1) is 8.00. The molecule has 3 rings (SSSR count). The Morgan fingerprint density at radius 1 is 1.14 bits per heavy atom. The number of benzene rings is 1. The zero-order valence-corrected chi connectivity index (χ0v) is 8.29. The fraction of sp³-hybridized carbons (Fsp3) is 0.0909. The predicted octanol–water partition coefficient (Wildman–Crippen LogP) is 2.53. The largest absolute Gasteiger partial charge is 0.244 e. The van der Waals surface area contributed by atoms with Crippen molar-refractivity contribution >= 4 is 11.8 Å². The van der Waals surface area contributed by atoms with Gasteiger partial charge in [-0.3, -0.25) is 0 Å². The summed E-state index contributed by atoms with van der Waals surface area (Å²) in [6.45, 7) is 0. The summed E-state index contributed by atoms with van der Waals surface area (Å²) in [6.07, 6.45) is 4.48. The number of aromatic nitrogens is 2. The Morgan fingerprint density at radius 3 is 3.07 bits per heavy atom. The lowest BCUT2D eigenvalue weighted by molar-refractivity contribution is 0.932. The summed E-state index contributed by atoms with van der Waals surface area (Å²) in [5.41, 5.74) is 2.61. The van der Waals surface area contributed by atoms with E-state index in [1.807, 2.05) is 6.20 Å². The maximum absolute atomic E-state index is 4.27. The van der Waals surface area contributed by atoms with Crippen molar-refractivity contribution in [1.82, 2.24) is 9.97 Å². The third-order valence-corrected chi connectivity index (χ3v) is 3.49. The first-order chi connectivity index (χ1) is 6.93. The van der Waals surface area contributed by atoms with Crippen LogP contribution in [0.3, 0.4) is 0 Å². The third kappa shape index (κ3) is 1.21. The summed E-state index contributed by atoms with van der Waals surface area (Å²) < 4.78 is 0. The Bertz CT molecular complexity index is 395. The fourth-order valence-corrected chi connectivity index (χ4v) is 2.60. The van der Waals surface area contributed by atoms with Crippen LogP contribution in [0.4, 0.5) is 0 Å². The average Bonchev–Trinajstić information content (AvgIpc) is 2.26. The van der Waals surface area contributed by atoms with E-state index in [2.05, 4.69) is 34.2 Å². The molecular weight excluding hydrogens is 192 g/mol. The average molecular weight is 200 g/mol. The Labute approximate surface area is 86.4 Å². The quantitative estimate of drug-likeness (QED) is 0.521. The highest BCUT2D eigenvalue weighted by Gasteiger charge is 2.15. The fourth-order valence-electron chi connectivity index (χ4n) is 1.62. The van der Waals surface area contributed by atoms with E-state index in [1.165, 1.54) is 16.0 Å². The van der Waals surface area contributed by atoms with Gasteiger partial charge in [0.1, 0.15) is 11.4 Å². The van der Waals surface area contributed by atoms with Crippen LogP contribution in [0.15, 0.2) is 46.7 Å². The second-order valence-electron chi connectivity index (χ2n) is 3.24. The lowest BCUT2D eigenvalue weighted by Gasteiger charge is -2.16. The van der Waals surface area contributed by atoms with Gasteiger partial charge >= 0.3 is 0 Å². The van der Waals surface area contributed by atoms with Gasteiger partial charge in [0.15, 0.2) is 0 Å². The Kier molecular flexibility index (Phi) is 1.77. The van der Waals surface area contributed by atoms with E-state index in [0.29, 0.717) is 0 Å². The molecule has 0 amide bonds. The van der Waals surface area contributed by atoms with E-state index in [0.717, 1.165) is 11.4 Å². The molecule has 0 bridgehead atoms. The second kappa shape index (κ2) is 3.10. The molecule has 0 saturated heterocycles. The predicted molar refractivity (Wildman–Crippen MR) is 55.4 cm³/mol. The lowest BCUT2D eigenvalue weighted by atomic mass is 10.1. The highest BCUT2D eigenvalue weighted by molar-refractivity contribution is 7.99. The Morgan fingerprint density at radius 2 is 2.07 bits per heavy atom. The standard InChI is InChI=1S/C11H8N2S/c1-2-4-10-8(3-1)5-9-6-12-7-13-11(9)14-10/h1-4,6-7H,5H2. The summed E-state index contributed by atoms with van der Waals surface area (Å²) in [4.78, 5) is 9.63. The van der Waals surface area contributed by atoms with Crippen molar-refractivity contribution in [3.05, 3.63) is 47.9 Å². The van der Waals surface area contributed by atoms with E-state index in [4.69, 9.17) is 0 Å². The molecule has 2 heterocycles. The van der Waals surface area contributed by atoms with Crippen LogP contribution < -0.4 is 0 Å². The molecule has 1 aromatic heterocycles. The minimum absolute atomic E-state index is 0.958. The van der Waals surface area contributed by atoms with Crippen molar-refractivity contribution in [3.8, 4) is 0 Å². The van der Waals surface area contributed by atoms with Crippen LogP contribution in [0, 0.1) is 0 Å². The number of rotatable bonds is 0.